The quantitative estimate of drug-likeness (QED) is 0.559. The number of nitrogens with zero attached hydrogens (tertiary/aromatic N) is 1. The highest BCUT2D eigenvalue weighted by Crippen LogP contribution is 2.45. The molecule has 17 heavy (non-hydrogen) atoms. The highest BCUT2D eigenvalue weighted by Gasteiger charge is 2.57. The first-order valence-corrected chi connectivity index (χ1v) is 6.39. The highest BCUT2D eigenvalue weighted by molar-refractivity contribution is 5.84. The third-order valence-corrected chi connectivity index (χ3v) is 4.25. The Morgan fingerprint density at radius 1 is 1.53 bits per heavy atom. The van der Waals surface area contributed by atoms with Crippen molar-refractivity contribution < 1.29 is 14.5 Å². The first-order valence-electron chi connectivity index (χ1n) is 6.39. The van der Waals surface area contributed by atoms with Crippen molar-refractivity contribution in [3.05, 3.63) is 10.1 Å². The van der Waals surface area contributed by atoms with Gasteiger partial charge in [-0.05, 0) is 19.8 Å². The predicted octanol–water partition coefficient (Wildman–Crippen LogP) is 1.96. The second-order valence-electron chi connectivity index (χ2n) is 5.12. The molecule has 2 aliphatic carbocycles. The van der Waals surface area contributed by atoms with E-state index in [1.54, 1.807) is 0 Å². The number of hydrogen-bond acceptors (Lipinski definition) is 4. The zero-order chi connectivity index (χ0) is 12.5. The van der Waals surface area contributed by atoms with E-state index in [1.165, 1.54) is 0 Å². The minimum Gasteiger partial charge on any atom is -0.370 e. The normalized spacial score (nSPS) is 37.6. The zero-order valence-electron chi connectivity index (χ0n) is 10.2. The molecular formula is C12H19NO4. The van der Waals surface area contributed by atoms with E-state index in [4.69, 9.17) is 4.74 Å². The van der Waals surface area contributed by atoms with E-state index >= 15 is 0 Å². The third-order valence-electron chi connectivity index (χ3n) is 4.25. The van der Waals surface area contributed by atoms with Crippen LogP contribution in [0.4, 0.5) is 0 Å². The van der Waals surface area contributed by atoms with E-state index < -0.39 is 11.6 Å². The van der Waals surface area contributed by atoms with Crippen LogP contribution in [0.1, 0.15) is 45.4 Å². The van der Waals surface area contributed by atoms with Gasteiger partial charge in [0.2, 0.25) is 5.54 Å². The number of rotatable bonds is 3. The van der Waals surface area contributed by atoms with Gasteiger partial charge < -0.3 is 4.74 Å². The molecule has 2 fully saturated rings. The topological polar surface area (TPSA) is 69.4 Å². The molecule has 0 spiro atoms. The van der Waals surface area contributed by atoms with Gasteiger partial charge in [-0.25, -0.2) is 0 Å². The van der Waals surface area contributed by atoms with Crippen LogP contribution in [-0.2, 0) is 9.53 Å². The maximum atomic E-state index is 11.9. The van der Waals surface area contributed by atoms with Crippen molar-refractivity contribution in [3.8, 4) is 0 Å². The summed E-state index contributed by atoms with van der Waals surface area (Å²) in [5, 5.41) is 11.4. The van der Waals surface area contributed by atoms with E-state index in [0.29, 0.717) is 19.4 Å². The molecule has 2 aliphatic rings. The van der Waals surface area contributed by atoms with Gasteiger partial charge >= 0.3 is 0 Å². The second-order valence-corrected chi connectivity index (χ2v) is 5.12. The van der Waals surface area contributed by atoms with Gasteiger partial charge in [-0.1, -0.05) is 6.42 Å². The van der Waals surface area contributed by atoms with Gasteiger partial charge in [0, 0.05) is 30.3 Å². The molecule has 0 bridgehead atoms. The number of carbonyl (C=O) groups is 1. The number of nitro groups is 1. The fourth-order valence-electron chi connectivity index (χ4n) is 3.33. The molecule has 5 heteroatoms. The summed E-state index contributed by atoms with van der Waals surface area (Å²) in [6.07, 6.45) is 3.35. The first kappa shape index (κ1) is 12.5. The zero-order valence-corrected chi connectivity index (χ0v) is 10.2. The van der Waals surface area contributed by atoms with Crippen molar-refractivity contribution in [1.29, 1.82) is 0 Å². The molecule has 96 valence electrons. The smallest absolute Gasteiger partial charge is 0.228 e. The Hall–Kier alpha value is -0.970. The van der Waals surface area contributed by atoms with E-state index in [-0.39, 0.29) is 23.0 Å². The van der Waals surface area contributed by atoms with Gasteiger partial charge in [0.05, 0.1) is 6.42 Å². The molecule has 2 rings (SSSR count). The lowest BCUT2D eigenvalue weighted by molar-refractivity contribution is -0.589. The maximum absolute atomic E-state index is 11.9. The Kier molecular flexibility index (Phi) is 3.47. The summed E-state index contributed by atoms with van der Waals surface area (Å²) in [6.45, 7) is 2.26. The van der Waals surface area contributed by atoms with E-state index in [0.717, 1.165) is 19.3 Å². The first-order chi connectivity index (χ1) is 8.10. The summed E-state index contributed by atoms with van der Waals surface area (Å²) < 4.78 is 5.37. The fraction of sp³-hybridized carbons (Fsp3) is 0.917. The average Bonchev–Trinajstić information content (AvgIpc) is 2.30. The molecule has 0 aliphatic heterocycles. The number of ketones is 1. The molecule has 5 nitrogen and oxygen atoms in total. The van der Waals surface area contributed by atoms with Crippen LogP contribution in [0.25, 0.3) is 0 Å². The number of Topliss-reactive ketones (excluding diaryl/α,β-unsaturated/α-hetero) is 1. The lowest BCUT2D eigenvalue weighted by Gasteiger charge is -2.42. The highest BCUT2D eigenvalue weighted by atomic mass is 16.6. The molecule has 0 radical (unpaired) electrons. The van der Waals surface area contributed by atoms with Gasteiger partial charge in [-0.2, -0.15) is 0 Å². The largest absolute Gasteiger partial charge is 0.370 e. The van der Waals surface area contributed by atoms with Crippen LogP contribution in [0, 0.1) is 16.0 Å². The van der Waals surface area contributed by atoms with Gasteiger partial charge in [0.15, 0.2) is 5.78 Å². The Morgan fingerprint density at radius 2 is 2.29 bits per heavy atom. The lowest BCUT2D eigenvalue weighted by atomic mass is 9.64. The maximum Gasteiger partial charge on any atom is 0.228 e. The van der Waals surface area contributed by atoms with Gasteiger partial charge in [0.1, 0.15) is 6.10 Å². The molecule has 0 aromatic rings. The number of hydrogen-bond donors (Lipinski definition) is 0. The van der Waals surface area contributed by atoms with Crippen molar-refractivity contribution in [2.24, 2.45) is 5.92 Å². The average molecular weight is 241 g/mol. The molecule has 0 aromatic carbocycles. The fourth-order valence-corrected chi connectivity index (χ4v) is 3.33. The van der Waals surface area contributed by atoms with Crippen LogP contribution in [-0.4, -0.2) is 29.0 Å². The van der Waals surface area contributed by atoms with Crippen LogP contribution in [0.5, 0.6) is 0 Å². The van der Waals surface area contributed by atoms with E-state index in [9.17, 15) is 14.9 Å². The Bertz CT molecular complexity index is 330. The molecule has 3 atom stereocenters. The molecule has 0 unspecified atom stereocenters. The molecular weight excluding hydrogens is 222 g/mol. The Morgan fingerprint density at radius 3 is 2.94 bits per heavy atom. The second kappa shape index (κ2) is 4.72. The standard InChI is InChI=1S/C12H19NO4/c1-2-17-11-8-12(13(15)16)6-4-3-5-9(12)7-10(11)14/h9,11H,2-8H2,1H3/t9-,11-,12-/m1/s1. The summed E-state index contributed by atoms with van der Waals surface area (Å²) in [7, 11) is 0. The van der Waals surface area contributed by atoms with Crippen LogP contribution < -0.4 is 0 Å². The van der Waals surface area contributed by atoms with E-state index in [1.807, 2.05) is 6.92 Å². The van der Waals surface area contributed by atoms with Crippen molar-refractivity contribution in [2.45, 2.75) is 57.1 Å². The Balaban J connectivity index is 2.22. The van der Waals surface area contributed by atoms with Gasteiger partial charge in [-0.3, -0.25) is 14.9 Å². The molecule has 0 amide bonds. The molecule has 2 saturated carbocycles. The van der Waals surface area contributed by atoms with Crippen molar-refractivity contribution in [2.75, 3.05) is 6.61 Å². The van der Waals surface area contributed by atoms with Crippen molar-refractivity contribution in [1.82, 2.24) is 0 Å². The summed E-state index contributed by atoms with van der Waals surface area (Å²) >= 11 is 0. The third kappa shape index (κ3) is 2.08. The van der Waals surface area contributed by atoms with E-state index in [2.05, 4.69) is 0 Å². The molecule has 0 heterocycles. The van der Waals surface area contributed by atoms with Crippen LogP contribution in [0.3, 0.4) is 0 Å². The van der Waals surface area contributed by atoms with Crippen molar-refractivity contribution >= 4 is 5.78 Å². The minimum atomic E-state index is -0.897. The Labute approximate surface area is 101 Å². The summed E-state index contributed by atoms with van der Waals surface area (Å²) in [6, 6.07) is 0. The lowest BCUT2D eigenvalue weighted by Crippen LogP contribution is -2.56. The van der Waals surface area contributed by atoms with Crippen LogP contribution >= 0.6 is 0 Å². The number of fused-ring (bicyclic) bond motifs is 1. The molecule has 0 aromatic heterocycles. The van der Waals surface area contributed by atoms with Crippen LogP contribution in [0.15, 0.2) is 0 Å². The number of carbonyl (C=O) groups excluding carboxylic acids is 1. The monoisotopic (exact) mass is 241 g/mol. The van der Waals surface area contributed by atoms with Crippen LogP contribution in [0.2, 0.25) is 0 Å². The minimum absolute atomic E-state index is 0.0521. The summed E-state index contributed by atoms with van der Waals surface area (Å²) in [5.74, 6) is -0.0216. The summed E-state index contributed by atoms with van der Waals surface area (Å²) in [5.41, 5.74) is -0.897. The molecule has 0 N–H and O–H groups in total. The SMILES string of the molecule is CCO[C@@H]1C[C@]2([N+](=O)[O-])CCCC[C@@H]2CC1=O. The molecule has 0 saturated heterocycles. The van der Waals surface area contributed by atoms with Gasteiger partial charge in [0.25, 0.3) is 0 Å². The predicted molar refractivity (Wildman–Crippen MR) is 61.3 cm³/mol. The number of ether oxygens (including phenoxy) is 1. The van der Waals surface area contributed by atoms with Crippen molar-refractivity contribution in [3.63, 3.8) is 0 Å². The van der Waals surface area contributed by atoms with Gasteiger partial charge in [-0.15, -0.1) is 0 Å². The summed E-state index contributed by atoms with van der Waals surface area (Å²) in [4.78, 5) is 23.1.